The number of anilines is 1. The lowest BCUT2D eigenvalue weighted by atomic mass is 10.3. The van der Waals surface area contributed by atoms with Gasteiger partial charge in [0.05, 0.1) is 10.6 Å². The van der Waals surface area contributed by atoms with Crippen LogP contribution in [0, 0.1) is 5.82 Å². The van der Waals surface area contributed by atoms with Crippen molar-refractivity contribution in [2.75, 3.05) is 5.73 Å². The van der Waals surface area contributed by atoms with Crippen LogP contribution < -0.4 is 10.5 Å². The second-order valence-electron chi connectivity index (χ2n) is 3.16. The maximum Gasteiger partial charge on any atom is 0.142 e. The maximum absolute atomic E-state index is 12.8. The van der Waals surface area contributed by atoms with Gasteiger partial charge in [-0.25, -0.2) is 4.39 Å². The normalized spacial score (nSPS) is 10.4. The van der Waals surface area contributed by atoms with Crippen LogP contribution in [0.15, 0.2) is 34.1 Å². The number of hydrogen-bond donors (Lipinski definition) is 1. The Bertz CT molecular complexity index is 500. The van der Waals surface area contributed by atoms with Crippen molar-refractivity contribution in [2.45, 2.75) is 6.61 Å². The Morgan fingerprint density at radius 1 is 1.38 bits per heavy atom. The third kappa shape index (κ3) is 2.54. The average Bonchev–Trinajstić information content (AvgIpc) is 2.63. The molecule has 16 heavy (non-hydrogen) atoms. The van der Waals surface area contributed by atoms with Gasteiger partial charge in [0.25, 0.3) is 0 Å². The number of benzene rings is 1. The van der Waals surface area contributed by atoms with Gasteiger partial charge in [0.2, 0.25) is 0 Å². The van der Waals surface area contributed by atoms with Crippen LogP contribution in [0.4, 0.5) is 10.1 Å². The van der Waals surface area contributed by atoms with Crippen LogP contribution in [-0.2, 0) is 6.61 Å². The van der Waals surface area contributed by atoms with Crippen molar-refractivity contribution in [1.82, 2.24) is 0 Å². The van der Waals surface area contributed by atoms with Crippen LogP contribution in [0.5, 0.6) is 5.75 Å². The lowest BCUT2D eigenvalue weighted by Crippen LogP contribution is -1.98. The highest BCUT2D eigenvalue weighted by molar-refractivity contribution is 9.10. The predicted molar refractivity (Wildman–Crippen MR) is 67.2 cm³/mol. The number of thiophene rings is 1. The van der Waals surface area contributed by atoms with E-state index in [1.54, 1.807) is 11.3 Å². The second-order valence-corrected chi connectivity index (χ2v) is 5.02. The second kappa shape index (κ2) is 4.84. The maximum atomic E-state index is 12.8. The molecule has 1 aromatic heterocycles. The molecule has 0 saturated heterocycles. The number of halogens is 2. The smallest absolute Gasteiger partial charge is 0.142 e. The van der Waals surface area contributed by atoms with Crippen LogP contribution in [0.3, 0.4) is 0 Å². The molecule has 0 atom stereocenters. The van der Waals surface area contributed by atoms with Gasteiger partial charge in [-0.15, -0.1) is 11.3 Å². The molecule has 5 heteroatoms. The Balaban J connectivity index is 2.08. The molecule has 2 N–H and O–H groups in total. The van der Waals surface area contributed by atoms with E-state index >= 15 is 0 Å². The van der Waals surface area contributed by atoms with E-state index in [1.807, 2.05) is 11.4 Å². The fraction of sp³-hybridized carbons (Fsp3) is 0.0909. The van der Waals surface area contributed by atoms with Gasteiger partial charge in [-0.05, 0) is 39.5 Å². The summed E-state index contributed by atoms with van der Waals surface area (Å²) in [6, 6.07) is 6.07. The molecule has 0 fully saturated rings. The standard InChI is InChI=1S/C11H9BrFNOS/c12-8-3-4-16-11(8)6-15-10-2-1-7(13)5-9(10)14/h1-5H,6,14H2. The molecule has 0 bridgehead atoms. The zero-order valence-corrected chi connectivity index (χ0v) is 10.6. The summed E-state index contributed by atoms with van der Waals surface area (Å²) in [6.45, 7) is 0.425. The molecule has 2 rings (SSSR count). The summed E-state index contributed by atoms with van der Waals surface area (Å²) in [5, 5.41) is 1.97. The zero-order chi connectivity index (χ0) is 11.5. The van der Waals surface area contributed by atoms with E-state index in [0.717, 1.165) is 9.35 Å². The molecule has 2 nitrogen and oxygen atoms in total. The Morgan fingerprint density at radius 3 is 2.81 bits per heavy atom. The van der Waals surface area contributed by atoms with Crippen molar-refractivity contribution in [3.8, 4) is 5.75 Å². The molecular formula is C11H9BrFNOS. The van der Waals surface area contributed by atoms with Crippen molar-refractivity contribution < 1.29 is 9.13 Å². The van der Waals surface area contributed by atoms with Gasteiger partial charge in [0.1, 0.15) is 18.2 Å². The third-order valence-corrected chi connectivity index (χ3v) is 3.92. The highest BCUT2D eigenvalue weighted by atomic mass is 79.9. The van der Waals surface area contributed by atoms with E-state index in [0.29, 0.717) is 18.0 Å². The Labute approximate surface area is 105 Å². The first kappa shape index (κ1) is 11.4. The number of rotatable bonds is 3. The van der Waals surface area contributed by atoms with Crippen molar-refractivity contribution in [3.63, 3.8) is 0 Å². The van der Waals surface area contributed by atoms with E-state index < -0.39 is 0 Å². The van der Waals surface area contributed by atoms with Gasteiger partial charge in [0, 0.05) is 10.5 Å². The first-order valence-corrected chi connectivity index (χ1v) is 6.24. The molecule has 0 aliphatic rings. The lowest BCUT2D eigenvalue weighted by Gasteiger charge is -2.07. The topological polar surface area (TPSA) is 35.2 Å². The highest BCUT2D eigenvalue weighted by Gasteiger charge is 2.05. The van der Waals surface area contributed by atoms with Crippen LogP contribution >= 0.6 is 27.3 Å². The molecule has 0 aliphatic carbocycles. The minimum absolute atomic E-state index is 0.313. The van der Waals surface area contributed by atoms with Crippen molar-refractivity contribution in [3.05, 3.63) is 44.8 Å². The highest BCUT2D eigenvalue weighted by Crippen LogP contribution is 2.27. The van der Waals surface area contributed by atoms with Gasteiger partial charge in [0.15, 0.2) is 0 Å². The minimum Gasteiger partial charge on any atom is -0.486 e. The Morgan fingerprint density at radius 2 is 2.19 bits per heavy atom. The number of nitrogen functional groups attached to an aromatic ring is 1. The van der Waals surface area contributed by atoms with Gasteiger partial charge in [-0.2, -0.15) is 0 Å². The summed E-state index contributed by atoms with van der Waals surface area (Å²) in [5.74, 6) is 0.142. The molecular weight excluding hydrogens is 293 g/mol. The largest absolute Gasteiger partial charge is 0.486 e. The molecule has 1 heterocycles. The predicted octanol–water partition coefficient (Wildman–Crippen LogP) is 3.81. The van der Waals surface area contributed by atoms with Gasteiger partial charge < -0.3 is 10.5 Å². The summed E-state index contributed by atoms with van der Waals surface area (Å²) in [6.07, 6.45) is 0. The molecule has 0 spiro atoms. The minimum atomic E-state index is -0.359. The molecule has 84 valence electrons. The monoisotopic (exact) mass is 301 g/mol. The Hall–Kier alpha value is -1.07. The van der Waals surface area contributed by atoms with Crippen LogP contribution in [0.1, 0.15) is 4.88 Å². The Kier molecular flexibility index (Phi) is 3.46. The van der Waals surface area contributed by atoms with Crippen molar-refractivity contribution in [1.29, 1.82) is 0 Å². The summed E-state index contributed by atoms with van der Waals surface area (Å²) in [7, 11) is 0. The zero-order valence-electron chi connectivity index (χ0n) is 8.24. The van der Waals surface area contributed by atoms with E-state index in [4.69, 9.17) is 10.5 Å². The molecule has 0 unspecified atom stereocenters. The van der Waals surface area contributed by atoms with Gasteiger partial charge in [-0.1, -0.05) is 0 Å². The molecule has 2 aromatic rings. The van der Waals surface area contributed by atoms with E-state index in [2.05, 4.69) is 15.9 Å². The summed E-state index contributed by atoms with van der Waals surface area (Å²) in [4.78, 5) is 1.07. The first-order valence-electron chi connectivity index (χ1n) is 4.56. The summed E-state index contributed by atoms with van der Waals surface area (Å²) in [5.41, 5.74) is 5.94. The van der Waals surface area contributed by atoms with E-state index in [1.165, 1.54) is 18.2 Å². The SMILES string of the molecule is Nc1cc(F)ccc1OCc1sccc1Br. The molecule has 0 radical (unpaired) electrons. The fourth-order valence-corrected chi connectivity index (χ4v) is 2.60. The quantitative estimate of drug-likeness (QED) is 0.875. The first-order chi connectivity index (χ1) is 7.66. The van der Waals surface area contributed by atoms with Gasteiger partial charge >= 0.3 is 0 Å². The summed E-state index contributed by atoms with van der Waals surface area (Å²) < 4.78 is 19.3. The molecule has 1 aromatic carbocycles. The third-order valence-electron chi connectivity index (χ3n) is 2.02. The molecule has 0 amide bonds. The van der Waals surface area contributed by atoms with E-state index in [9.17, 15) is 4.39 Å². The number of ether oxygens (including phenoxy) is 1. The molecule has 0 aliphatic heterocycles. The van der Waals surface area contributed by atoms with Crippen molar-refractivity contribution in [2.24, 2.45) is 0 Å². The number of nitrogens with two attached hydrogens (primary N) is 1. The summed E-state index contributed by atoms with van der Waals surface area (Å²) >= 11 is 5.00. The fourth-order valence-electron chi connectivity index (χ4n) is 1.22. The number of hydrogen-bond acceptors (Lipinski definition) is 3. The molecule has 0 saturated carbocycles. The van der Waals surface area contributed by atoms with Crippen LogP contribution in [0.25, 0.3) is 0 Å². The van der Waals surface area contributed by atoms with E-state index in [-0.39, 0.29) is 5.82 Å². The van der Waals surface area contributed by atoms with Crippen LogP contribution in [-0.4, -0.2) is 0 Å². The van der Waals surface area contributed by atoms with Crippen LogP contribution in [0.2, 0.25) is 0 Å². The average molecular weight is 302 g/mol. The lowest BCUT2D eigenvalue weighted by molar-refractivity contribution is 0.310. The van der Waals surface area contributed by atoms with Gasteiger partial charge in [-0.3, -0.25) is 0 Å². The van der Waals surface area contributed by atoms with Crippen molar-refractivity contribution >= 4 is 33.0 Å².